The van der Waals surface area contributed by atoms with Crippen molar-refractivity contribution in [3.05, 3.63) is 71.8 Å². The molecule has 0 bridgehead atoms. The predicted molar refractivity (Wildman–Crippen MR) is 81.6 cm³/mol. The van der Waals surface area contributed by atoms with E-state index in [1.54, 1.807) is 0 Å². The van der Waals surface area contributed by atoms with Gasteiger partial charge in [0.2, 0.25) is 0 Å². The first-order valence-electron chi connectivity index (χ1n) is 6.72. The van der Waals surface area contributed by atoms with Gasteiger partial charge < -0.3 is 5.32 Å². The molecular formula is C17H17N3. The third kappa shape index (κ3) is 2.28. The lowest BCUT2D eigenvalue weighted by Crippen LogP contribution is -2.19. The normalized spacial score (nSPS) is 12.5. The number of hydrogen-bond acceptors (Lipinski definition) is 3. The quantitative estimate of drug-likeness (QED) is 0.788. The van der Waals surface area contributed by atoms with Crippen LogP contribution in [0.3, 0.4) is 0 Å². The highest BCUT2D eigenvalue weighted by molar-refractivity contribution is 5.85. The number of aromatic nitrogens is 2. The maximum atomic E-state index is 4.50. The van der Waals surface area contributed by atoms with Crippen LogP contribution in [0.5, 0.6) is 0 Å². The summed E-state index contributed by atoms with van der Waals surface area (Å²) in [5, 5.41) is 5.72. The monoisotopic (exact) mass is 263 g/mol. The van der Waals surface area contributed by atoms with Crippen molar-refractivity contribution < 1.29 is 0 Å². The van der Waals surface area contributed by atoms with Gasteiger partial charge in [0.1, 0.15) is 0 Å². The second kappa shape index (κ2) is 5.39. The number of pyridine rings is 2. The Hall–Kier alpha value is -2.26. The summed E-state index contributed by atoms with van der Waals surface area (Å²) in [6, 6.07) is 12.5. The molecule has 3 aromatic rings. The van der Waals surface area contributed by atoms with Crippen LogP contribution in [-0.4, -0.2) is 17.0 Å². The third-order valence-electron chi connectivity index (χ3n) is 3.53. The molecule has 0 spiro atoms. The predicted octanol–water partition coefficient (Wildman–Crippen LogP) is 3.25. The first kappa shape index (κ1) is 12.8. The van der Waals surface area contributed by atoms with E-state index in [1.807, 2.05) is 37.8 Å². The van der Waals surface area contributed by atoms with Gasteiger partial charge in [-0.3, -0.25) is 9.97 Å². The Morgan fingerprint density at radius 1 is 1.10 bits per heavy atom. The molecule has 0 aliphatic heterocycles. The highest BCUT2D eigenvalue weighted by atomic mass is 14.9. The molecule has 20 heavy (non-hydrogen) atoms. The van der Waals surface area contributed by atoms with Gasteiger partial charge in [-0.25, -0.2) is 0 Å². The van der Waals surface area contributed by atoms with E-state index in [2.05, 4.69) is 46.5 Å². The molecule has 0 aliphatic rings. The number of nitrogens with zero attached hydrogens (tertiary/aromatic N) is 2. The van der Waals surface area contributed by atoms with Crippen LogP contribution in [0.15, 0.2) is 55.0 Å². The number of hydrogen-bond donors (Lipinski definition) is 1. The smallest absolute Gasteiger partial charge is 0.0770 e. The van der Waals surface area contributed by atoms with Crippen molar-refractivity contribution in [3.63, 3.8) is 0 Å². The van der Waals surface area contributed by atoms with Crippen molar-refractivity contribution in [3.8, 4) is 0 Å². The molecule has 1 N–H and O–H groups in total. The maximum Gasteiger partial charge on any atom is 0.0770 e. The van der Waals surface area contributed by atoms with Gasteiger partial charge in [0.05, 0.1) is 11.7 Å². The van der Waals surface area contributed by atoms with Gasteiger partial charge in [-0.2, -0.15) is 0 Å². The lowest BCUT2D eigenvalue weighted by molar-refractivity contribution is 0.672. The first-order valence-corrected chi connectivity index (χ1v) is 6.72. The van der Waals surface area contributed by atoms with Gasteiger partial charge in [0.25, 0.3) is 0 Å². The van der Waals surface area contributed by atoms with Crippen molar-refractivity contribution in [1.29, 1.82) is 0 Å². The van der Waals surface area contributed by atoms with E-state index in [4.69, 9.17) is 0 Å². The van der Waals surface area contributed by atoms with E-state index >= 15 is 0 Å². The van der Waals surface area contributed by atoms with Crippen LogP contribution in [-0.2, 0) is 0 Å². The minimum atomic E-state index is 0.0495. The average molecular weight is 263 g/mol. The van der Waals surface area contributed by atoms with E-state index in [1.165, 1.54) is 10.9 Å². The lowest BCUT2D eigenvalue weighted by Gasteiger charge is -2.18. The summed E-state index contributed by atoms with van der Waals surface area (Å²) in [5.41, 5.74) is 3.39. The minimum absolute atomic E-state index is 0.0495. The fourth-order valence-electron chi connectivity index (χ4n) is 2.55. The van der Waals surface area contributed by atoms with Crippen LogP contribution >= 0.6 is 0 Å². The SMILES string of the molecule is CNC(c1cc(C)ccn1)c1cncc2ccccc12. The fourth-order valence-corrected chi connectivity index (χ4v) is 2.55. The van der Waals surface area contributed by atoms with Crippen molar-refractivity contribution >= 4 is 10.8 Å². The van der Waals surface area contributed by atoms with E-state index < -0.39 is 0 Å². The summed E-state index contributed by atoms with van der Waals surface area (Å²) < 4.78 is 0. The van der Waals surface area contributed by atoms with Crippen molar-refractivity contribution in [2.24, 2.45) is 0 Å². The van der Waals surface area contributed by atoms with Crippen LogP contribution < -0.4 is 5.32 Å². The Balaban J connectivity index is 2.17. The zero-order valence-corrected chi connectivity index (χ0v) is 11.7. The van der Waals surface area contributed by atoms with E-state index in [0.717, 1.165) is 16.6 Å². The molecule has 0 saturated carbocycles. The Labute approximate surface area is 118 Å². The molecule has 0 amide bonds. The molecule has 1 atom stereocenters. The molecule has 0 fully saturated rings. The van der Waals surface area contributed by atoms with E-state index in [-0.39, 0.29) is 6.04 Å². The highest BCUT2D eigenvalue weighted by Crippen LogP contribution is 2.27. The van der Waals surface area contributed by atoms with Crippen LogP contribution in [0.25, 0.3) is 10.8 Å². The summed E-state index contributed by atoms with van der Waals surface area (Å²) in [6.45, 7) is 2.08. The van der Waals surface area contributed by atoms with Crippen molar-refractivity contribution in [1.82, 2.24) is 15.3 Å². The van der Waals surface area contributed by atoms with Gasteiger partial charge in [-0.05, 0) is 37.1 Å². The Kier molecular flexibility index (Phi) is 3.44. The largest absolute Gasteiger partial charge is 0.308 e. The zero-order chi connectivity index (χ0) is 13.9. The van der Waals surface area contributed by atoms with Gasteiger partial charge in [0.15, 0.2) is 0 Å². The summed E-state index contributed by atoms with van der Waals surface area (Å²) >= 11 is 0. The topological polar surface area (TPSA) is 37.8 Å². The third-order valence-corrected chi connectivity index (χ3v) is 3.53. The summed E-state index contributed by atoms with van der Waals surface area (Å²) in [4.78, 5) is 8.87. The van der Waals surface area contributed by atoms with Crippen LogP contribution in [0.2, 0.25) is 0 Å². The number of benzene rings is 1. The molecule has 3 nitrogen and oxygen atoms in total. The molecule has 3 heteroatoms. The zero-order valence-electron chi connectivity index (χ0n) is 11.7. The molecule has 2 aromatic heterocycles. The van der Waals surface area contributed by atoms with Crippen molar-refractivity contribution in [2.45, 2.75) is 13.0 Å². The molecule has 0 aliphatic carbocycles. The number of fused-ring (bicyclic) bond motifs is 1. The van der Waals surface area contributed by atoms with E-state index in [9.17, 15) is 0 Å². The summed E-state index contributed by atoms with van der Waals surface area (Å²) in [5.74, 6) is 0. The molecular weight excluding hydrogens is 246 g/mol. The van der Waals surface area contributed by atoms with Gasteiger partial charge in [-0.1, -0.05) is 24.3 Å². The molecule has 100 valence electrons. The molecule has 2 heterocycles. The Morgan fingerprint density at radius 2 is 1.95 bits per heavy atom. The molecule has 1 unspecified atom stereocenters. The van der Waals surface area contributed by atoms with Crippen molar-refractivity contribution in [2.75, 3.05) is 7.05 Å². The number of aryl methyl sites for hydroxylation is 1. The minimum Gasteiger partial charge on any atom is -0.308 e. The van der Waals surface area contributed by atoms with Crippen LogP contribution in [0.4, 0.5) is 0 Å². The van der Waals surface area contributed by atoms with E-state index in [0.29, 0.717) is 0 Å². The first-order chi connectivity index (χ1) is 9.79. The maximum absolute atomic E-state index is 4.50. The Morgan fingerprint density at radius 3 is 2.75 bits per heavy atom. The van der Waals surface area contributed by atoms with Crippen LogP contribution in [0, 0.1) is 6.92 Å². The highest BCUT2D eigenvalue weighted by Gasteiger charge is 2.16. The standard InChI is InChI=1S/C17H17N3/c1-12-7-8-20-16(9-12)17(18-2)15-11-19-10-13-5-3-4-6-14(13)15/h3-11,17-18H,1-2H3. The fraction of sp³-hybridized carbons (Fsp3) is 0.176. The van der Waals surface area contributed by atoms with Gasteiger partial charge in [-0.15, -0.1) is 0 Å². The second-order valence-electron chi connectivity index (χ2n) is 4.93. The molecule has 3 rings (SSSR count). The summed E-state index contributed by atoms with van der Waals surface area (Å²) in [6.07, 6.45) is 5.68. The van der Waals surface area contributed by atoms with Gasteiger partial charge >= 0.3 is 0 Å². The Bertz CT molecular complexity index is 732. The number of rotatable bonds is 3. The van der Waals surface area contributed by atoms with Crippen LogP contribution in [0.1, 0.15) is 22.9 Å². The lowest BCUT2D eigenvalue weighted by atomic mass is 9.98. The molecule has 0 saturated heterocycles. The average Bonchev–Trinajstić information content (AvgIpc) is 2.48. The number of nitrogens with one attached hydrogen (secondary N) is 1. The molecule has 0 radical (unpaired) electrons. The molecule has 1 aromatic carbocycles. The second-order valence-corrected chi connectivity index (χ2v) is 4.93. The van der Waals surface area contributed by atoms with Gasteiger partial charge in [0, 0.05) is 29.5 Å². The summed E-state index contributed by atoms with van der Waals surface area (Å²) in [7, 11) is 1.95.